The molecule has 0 N–H and O–H groups in total. The molecule has 0 saturated heterocycles. The standard InChI is InChI=1S/C12H8F3NOS/c1-7-2-10(6-17)18-11(7)8-3-9(5-16-4-8)12(13,14)15/h2-6H,1H3. The van der Waals surface area contributed by atoms with Gasteiger partial charge in [-0.3, -0.25) is 9.78 Å². The molecule has 0 spiro atoms. The Bertz CT molecular complexity index is 589. The highest BCUT2D eigenvalue weighted by Crippen LogP contribution is 2.35. The van der Waals surface area contributed by atoms with Crippen LogP contribution in [0.2, 0.25) is 0 Å². The summed E-state index contributed by atoms with van der Waals surface area (Å²) in [5, 5.41) is 0. The third-order valence-electron chi connectivity index (χ3n) is 2.38. The molecule has 0 aliphatic carbocycles. The minimum absolute atomic E-state index is 0.375. The van der Waals surface area contributed by atoms with E-state index in [0.717, 1.165) is 29.2 Å². The first-order valence-corrected chi connectivity index (χ1v) is 5.81. The van der Waals surface area contributed by atoms with Crippen molar-refractivity contribution < 1.29 is 18.0 Å². The van der Waals surface area contributed by atoms with Gasteiger partial charge in [0.2, 0.25) is 0 Å². The van der Waals surface area contributed by atoms with Crippen molar-refractivity contribution in [1.82, 2.24) is 4.98 Å². The van der Waals surface area contributed by atoms with E-state index in [9.17, 15) is 18.0 Å². The number of pyridine rings is 1. The van der Waals surface area contributed by atoms with Gasteiger partial charge in [0.15, 0.2) is 6.29 Å². The molecule has 6 heteroatoms. The fourth-order valence-corrected chi connectivity index (χ4v) is 2.54. The predicted molar refractivity (Wildman–Crippen MR) is 62.7 cm³/mol. The lowest BCUT2D eigenvalue weighted by molar-refractivity contribution is -0.137. The molecule has 0 aliphatic rings. The Morgan fingerprint density at radius 2 is 2.00 bits per heavy atom. The van der Waals surface area contributed by atoms with Crippen LogP contribution in [0, 0.1) is 6.92 Å². The van der Waals surface area contributed by atoms with Gasteiger partial charge in [0.1, 0.15) is 0 Å². The van der Waals surface area contributed by atoms with E-state index in [1.54, 1.807) is 13.0 Å². The average molecular weight is 271 g/mol. The third-order valence-corrected chi connectivity index (χ3v) is 3.59. The van der Waals surface area contributed by atoms with E-state index in [1.807, 2.05) is 0 Å². The van der Waals surface area contributed by atoms with Crippen LogP contribution in [0.15, 0.2) is 24.5 Å². The van der Waals surface area contributed by atoms with E-state index >= 15 is 0 Å². The fraction of sp³-hybridized carbons (Fsp3) is 0.167. The summed E-state index contributed by atoms with van der Waals surface area (Å²) in [6, 6.07) is 2.69. The van der Waals surface area contributed by atoms with Gasteiger partial charge in [0.25, 0.3) is 0 Å². The van der Waals surface area contributed by atoms with Crippen molar-refractivity contribution in [2.24, 2.45) is 0 Å². The zero-order valence-corrected chi connectivity index (χ0v) is 10.1. The minimum Gasteiger partial charge on any atom is -0.297 e. The normalized spacial score (nSPS) is 11.6. The zero-order chi connectivity index (χ0) is 13.3. The van der Waals surface area contributed by atoms with E-state index in [-0.39, 0.29) is 0 Å². The summed E-state index contributed by atoms with van der Waals surface area (Å²) >= 11 is 1.16. The molecule has 0 saturated carbocycles. The Kier molecular flexibility index (Phi) is 3.21. The summed E-state index contributed by atoms with van der Waals surface area (Å²) in [7, 11) is 0. The van der Waals surface area contributed by atoms with Crippen molar-refractivity contribution in [2.45, 2.75) is 13.1 Å². The summed E-state index contributed by atoms with van der Waals surface area (Å²) in [4.78, 5) is 15.4. The summed E-state index contributed by atoms with van der Waals surface area (Å²) in [6.07, 6.45) is -1.58. The largest absolute Gasteiger partial charge is 0.417 e. The number of thiophene rings is 1. The zero-order valence-electron chi connectivity index (χ0n) is 9.28. The third kappa shape index (κ3) is 2.43. The van der Waals surface area contributed by atoms with Gasteiger partial charge in [-0.1, -0.05) is 0 Å². The number of carbonyl (C=O) groups excluding carboxylic acids is 1. The van der Waals surface area contributed by atoms with Gasteiger partial charge in [-0.15, -0.1) is 11.3 Å². The molecule has 2 aromatic rings. The number of aromatic nitrogens is 1. The molecule has 0 fully saturated rings. The molecule has 94 valence electrons. The lowest BCUT2D eigenvalue weighted by atomic mass is 10.1. The summed E-state index contributed by atoms with van der Waals surface area (Å²) in [6.45, 7) is 1.75. The molecule has 0 unspecified atom stereocenters. The van der Waals surface area contributed by atoms with Crippen LogP contribution in [0.4, 0.5) is 13.2 Å². The fourth-order valence-electron chi connectivity index (χ4n) is 1.57. The molecule has 2 heterocycles. The van der Waals surface area contributed by atoms with E-state index < -0.39 is 11.7 Å². The van der Waals surface area contributed by atoms with Crippen LogP contribution in [-0.2, 0) is 6.18 Å². The number of rotatable bonds is 2. The molecular weight excluding hydrogens is 263 g/mol. The molecule has 0 radical (unpaired) electrons. The number of alkyl halides is 3. The summed E-state index contributed by atoms with van der Waals surface area (Å²) in [5.74, 6) is 0. The molecule has 18 heavy (non-hydrogen) atoms. The van der Waals surface area contributed by atoms with Gasteiger partial charge >= 0.3 is 6.18 Å². The Labute approximate surface area is 105 Å². The molecular formula is C12H8F3NOS. The van der Waals surface area contributed by atoms with Crippen molar-refractivity contribution >= 4 is 17.6 Å². The van der Waals surface area contributed by atoms with Crippen LogP contribution in [0.25, 0.3) is 10.4 Å². The number of halogens is 3. The molecule has 0 bridgehead atoms. The Balaban J connectivity index is 2.51. The lowest BCUT2D eigenvalue weighted by Crippen LogP contribution is -2.05. The van der Waals surface area contributed by atoms with Crippen molar-refractivity contribution in [2.75, 3.05) is 0 Å². The van der Waals surface area contributed by atoms with Gasteiger partial charge < -0.3 is 0 Å². The number of aldehydes is 1. The number of aryl methyl sites for hydroxylation is 1. The van der Waals surface area contributed by atoms with Gasteiger partial charge in [0, 0.05) is 22.8 Å². The quantitative estimate of drug-likeness (QED) is 0.774. The Morgan fingerprint density at radius 1 is 1.28 bits per heavy atom. The van der Waals surface area contributed by atoms with Crippen LogP contribution in [-0.4, -0.2) is 11.3 Å². The van der Waals surface area contributed by atoms with Gasteiger partial charge in [0.05, 0.1) is 10.4 Å². The molecule has 2 aromatic heterocycles. The maximum Gasteiger partial charge on any atom is 0.417 e. The summed E-state index contributed by atoms with van der Waals surface area (Å²) in [5.41, 5.74) is 0.351. The second-order valence-corrected chi connectivity index (χ2v) is 4.82. The second-order valence-electron chi connectivity index (χ2n) is 3.74. The topological polar surface area (TPSA) is 30.0 Å². The van der Waals surface area contributed by atoms with Gasteiger partial charge in [-0.25, -0.2) is 0 Å². The highest BCUT2D eigenvalue weighted by atomic mass is 32.1. The molecule has 2 nitrogen and oxygen atoms in total. The maximum absolute atomic E-state index is 12.6. The van der Waals surface area contributed by atoms with Gasteiger partial charge in [-0.05, 0) is 24.6 Å². The molecule has 2 rings (SSSR count). The van der Waals surface area contributed by atoms with Crippen molar-refractivity contribution in [1.29, 1.82) is 0 Å². The number of hydrogen-bond donors (Lipinski definition) is 0. The van der Waals surface area contributed by atoms with Crippen LogP contribution in [0.3, 0.4) is 0 Å². The summed E-state index contributed by atoms with van der Waals surface area (Å²) < 4.78 is 37.7. The first-order valence-electron chi connectivity index (χ1n) is 5.00. The van der Waals surface area contributed by atoms with Crippen LogP contribution >= 0.6 is 11.3 Å². The van der Waals surface area contributed by atoms with Crippen LogP contribution in [0.5, 0.6) is 0 Å². The Morgan fingerprint density at radius 3 is 2.56 bits per heavy atom. The van der Waals surface area contributed by atoms with Crippen LogP contribution < -0.4 is 0 Å². The van der Waals surface area contributed by atoms with Crippen molar-refractivity contribution in [3.63, 3.8) is 0 Å². The first-order chi connectivity index (χ1) is 8.41. The average Bonchev–Trinajstić information content (AvgIpc) is 2.70. The number of hydrogen-bond acceptors (Lipinski definition) is 3. The molecule has 0 aromatic carbocycles. The van der Waals surface area contributed by atoms with E-state index in [0.29, 0.717) is 21.6 Å². The molecule has 0 amide bonds. The van der Waals surface area contributed by atoms with Crippen molar-refractivity contribution in [3.05, 3.63) is 40.5 Å². The second kappa shape index (κ2) is 4.53. The highest BCUT2D eigenvalue weighted by Gasteiger charge is 2.31. The van der Waals surface area contributed by atoms with Gasteiger partial charge in [-0.2, -0.15) is 13.2 Å². The molecule has 0 aliphatic heterocycles. The SMILES string of the molecule is Cc1cc(C=O)sc1-c1cncc(C(F)(F)F)c1. The Hall–Kier alpha value is -1.69. The smallest absolute Gasteiger partial charge is 0.297 e. The first kappa shape index (κ1) is 12.8. The minimum atomic E-state index is -4.42. The number of carbonyl (C=O) groups is 1. The van der Waals surface area contributed by atoms with E-state index in [2.05, 4.69) is 4.98 Å². The predicted octanol–water partition coefficient (Wildman–Crippen LogP) is 3.95. The van der Waals surface area contributed by atoms with Crippen LogP contribution in [0.1, 0.15) is 20.8 Å². The molecule has 0 atom stereocenters. The van der Waals surface area contributed by atoms with Crippen molar-refractivity contribution in [3.8, 4) is 10.4 Å². The van der Waals surface area contributed by atoms with E-state index in [4.69, 9.17) is 0 Å². The monoisotopic (exact) mass is 271 g/mol. The lowest BCUT2D eigenvalue weighted by Gasteiger charge is -2.07. The van der Waals surface area contributed by atoms with E-state index in [1.165, 1.54) is 6.20 Å². The highest BCUT2D eigenvalue weighted by molar-refractivity contribution is 7.17. The maximum atomic E-state index is 12.6. The number of nitrogens with zero attached hydrogens (tertiary/aromatic N) is 1.